The van der Waals surface area contributed by atoms with E-state index in [1.54, 1.807) is 12.3 Å². The Labute approximate surface area is 159 Å². The summed E-state index contributed by atoms with van der Waals surface area (Å²) in [5.74, 6) is 0.0350. The zero-order valence-corrected chi connectivity index (χ0v) is 15.8. The van der Waals surface area contributed by atoms with Crippen LogP contribution < -0.4 is 0 Å². The minimum absolute atomic E-state index is 0.0350. The van der Waals surface area contributed by atoms with Crippen molar-refractivity contribution in [3.05, 3.63) is 41.0 Å². The summed E-state index contributed by atoms with van der Waals surface area (Å²) in [4.78, 5) is 17.0. The molecule has 2 aliphatic rings. The third kappa shape index (κ3) is 3.86. The van der Waals surface area contributed by atoms with Gasteiger partial charge in [0, 0.05) is 56.9 Å². The van der Waals surface area contributed by atoms with E-state index in [1.807, 2.05) is 4.90 Å². The number of rotatable bonds is 4. The highest BCUT2D eigenvalue weighted by atomic mass is 16.5. The van der Waals surface area contributed by atoms with Crippen LogP contribution in [0.4, 0.5) is 0 Å². The van der Waals surface area contributed by atoms with Crippen molar-refractivity contribution < 1.29 is 9.53 Å². The summed E-state index contributed by atoms with van der Waals surface area (Å²) in [7, 11) is 0. The third-order valence-corrected chi connectivity index (χ3v) is 5.36. The first-order valence-electron chi connectivity index (χ1n) is 9.69. The van der Waals surface area contributed by atoms with Crippen LogP contribution in [-0.4, -0.2) is 68.5 Å². The van der Waals surface area contributed by atoms with E-state index in [2.05, 4.69) is 26.7 Å². The molecule has 144 valence electrons. The Bertz CT molecular complexity index is 791. The lowest BCUT2D eigenvalue weighted by atomic mass is 10.1. The minimum Gasteiger partial charge on any atom is -0.376 e. The van der Waals surface area contributed by atoms with Gasteiger partial charge in [0.15, 0.2) is 0 Å². The number of fused-ring (bicyclic) bond motifs is 1. The molecule has 2 aromatic heterocycles. The molecule has 0 saturated carbocycles. The first kappa shape index (κ1) is 18.1. The molecule has 2 aromatic rings. The van der Waals surface area contributed by atoms with Crippen LogP contribution in [-0.2, 0) is 30.9 Å². The molecule has 2 aliphatic heterocycles. The average Bonchev–Trinajstić information content (AvgIpc) is 2.90. The second kappa shape index (κ2) is 8.14. The molecule has 0 atom stereocenters. The Morgan fingerprint density at radius 1 is 1.22 bits per heavy atom. The monoisotopic (exact) mass is 370 g/mol. The number of amides is 1. The highest BCUT2D eigenvalue weighted by molar-refractivity contribution is 5.93. The Balaban J connectivity index is 1.42. The summed E-state index contributed by atoms with van der Waals surface area (Å²) in [6, 6.07) is 1.72. The number of hydrogen-bond acceptors (Lipinski definition) is 6. The molecule has 0 radical (unpaired) electrons. The van der Waals surface area contributed by atoms with Gasteiger partial charge in [-0.1, -0.05) is 0 Å². The molecule has 0 N–H and O–H groups in total. The number of carbonyl (C=O) groups is 1. The predicted octanol–water partition coefficient (Wildman–Crippen LogP) is 1.11. The summed E-state index contributed by atoms with van der Waals surface area (Å²) in [6.07, 6.45) is 5.00. The highest BCUT2D eigenvalue weighted by Crippen LogP contribution is 2.22. The van der Waals surface area contributed by atoms with Crippen molar-refractivity contribution in [1.29, 1.82) is 0 Å². The van der Waals surface area contributed by atoms with Gasteiger partial charge in [-0.05, 0) is 19.4 Å². The molecule has 1 saturated heterocycles. The van der Waals surface area contributed by atoms with Crippen LogP contribution in [0, 0.1) is 0 Å². The van der Waals surface area contributed by atoms with Crippen molar-refractivity contribution in [2.75, 3.05) is 32.8 Å². The fraction of sp³-hybridized carbons (Fsp3) is 0.579. The molecule has 0 spiro atoms. The van der Waals surface area contributed by atoms with E-state index in [0.29, 0.717) is 18.7 Å². The summed E-state index contributed by atoms with van der Waals surface area (Å²) in [5.41, 5.74) is 4.33. The van der Waals surface area contributed by atoms with Crippen LogP contribution in [0.1, 0.15) is 40.7 Å². The molecule has 4 heterocycles. The quantitative estimate of drug-likeness (QED) is 0.803. The Hall–Kier alpha value is -2.32. The maximum atomic E-state index is 12.7. The zero-order chi connectivity index (χ0) is 18.6. The molecular weight excluding hydrogens is 344 g/mol. The lowest BCUT2D eigenvalue weighted by Crippen LogP contribution is -2.35. The van der Waals surface area contributed by atoms with E-state index >= 15 is 0 Å². The van der Waals surface area contributed by atoms with Crippen LogP contribution in [0.2, 0.25) is 0 Å². The largest absolute Gasteiger partial charge is 0.376 e. The smallest absolute Gasteiger partial charge is 0.255 e. The van der Waals surface area contributed by atoms with Gasteiger partial charge in [0.05, 0.1) is 36.9 Å². The van der Waals surface area contributed by atoms with Crippen molar-refractivity contribution in [3.63, 3.8) is 0 Å². The molecule has 0 aliphatic carbocycles. The molecule has 4 rings (SSSR count). The van der Waals surface area contributed by atoms with Crippen molar-refractivity contribution in [2.45, 2.75) is 39.5 Å². The second-order valence-corrected chi connectivity index (χ2v) is 7.04. The molecule has 8 nitrogen and oxygen atoms in total. The fourth-order valence-corrected chi connectivity index (χ4v) is 3.91. The number of ether oxygens (including phenoxy) is 1. The average molecular weight is 370 g/mol. The van der Waals surface area contributed by atoms with Gasteiger partial charge in [-0.15, -0.1) is 0 Å². The molecule has 0 unspecified atom stereocenters. The third-order valence-electron chi connectivity index (χ3n) is 5.36. The molecular formula is C19H26N6O2. The summed E-state index contributed by atoms with van der Waals surface area (Å²) in [5, 5.41) is 12.4. The summed E-state index contributed by atoms with van der Waals surface area (Å²) < 4.78 is 7.79. The summed E-state index contributed by atoms with van der Waals surface area (Å²) >= 11 is 0. The van der Waals surface area contributed by atoms with E-state index in [4.69, 9.17) is 9.84 Å². The molecule has 1 amide bonds. The lowest BCUT2D eigenvalue weighted by Gasteiger charge is -2.22. The molecule has 0 aromatic carbocycles. The van der Waals surface area contributed by atoms with Gasteiger partial charge >= 0.3 is 0 Å². The molecule has 27 heavy (non-hydrogen) atoms. The first-order valence-corrected chi connectivity index (χ1v) is 9.69. The van der Waals surface area contributed by atoms with Gasteiger partial charge < -0.3 is 9.64 Å². The van der Waals surface area contributed by atoms with Crippen LogP contribution in [0.25, 0.3) is 0 Å². The Morgan fingerprint density at radius 2 is 2.15 bits per heavy atom. The van der Waals surface area contributed by atoms with Gasteiger partial charge in [0.2, 0.25) is 0 Å². The number of hydrogen-bond donors (Lipinski definition) is 0. The summed E-state index contributed by atoms with van der Waals surface area (Å²) in [6.45, 7) is 8.58. The van der Waals surface area contributed by atoms with Crippen molar-refractivity contribution in [3.8, 4) is 0 Å². The minimum atomic E-state index is 0.0350. The number of carbonyl (C=O) groups excluding carboxylic acids is 1. The maximum absolute atomic E-state index is 12.7. The van der Waals surface area contributed by atoms with Crippen molar-refractivity contribution in [2.24, 2.45) is 0 Å². The topological polar surface area (TPSA) is 76.4 Å². The normalized spacial score (nSPS) is 18.2. The van der Waals surface area contributed by atoms with Gasteiger partial charge in [0.1, 0.15) is 0 Å². The first-order chi connectivity index (χ1) is 13.3. The number of aromatic nitrogens is 4. The number of nitrogens with zero attached hydrogens (tertiary/aromatic N) is 6. The van der Waals surface area contributed by atoms with E-state index in [1.165, 1.54) is 17.5 Å². The van der Waals surface area contributed by atoms with Crippen LogP contribution in [0.3, 0.4) is 0 Å². The molecule has 1 fully saturated rings. The van der Waals surface area contributed by atoms with Crippen molar-refractivity contribution >= 4 is 5.91 Å². The predicted molar refractivity (Wildman–Crippen MR) is 99.1 cm³/mol. The lowest BCUT2D eigenvalue weighted by molar-refractivity contribution is 0.0760. The van der Waals surface area contributed by atoms with E-state index in [-0.39, 0.29) is 5.91 Å². The van der Waals surface area contributed by atoms with E-state index in [0.717, 1.165) is 57.9 Å². The van der Waals surface area contributed by atoms with Gasteiger partial charge in [0.25, 0.3) is 5.91 Å². The second-order valence-electron chi connectivity index (χ2n) is 7.04. The SMILES string of the molecule is CCn1nc(CN2CCCN(C(=O)c3ccnnc3)CC2)c2c1CCOC2. The Morgan fingerprint density at radius 3 is 2.96 bits per heavy atom. The molecule has 8 heteroatoms. The fourth-order valence-electron chi connectivity index (χ4n) is 3.91. The van der Waals surface area contributed by atoms with E-state index < -0.39 is 0 Å². The van der Waals surface area contributed by atoms with Gasteiger partial charge in [-0.3, -0.25) is 14.4 Å². The van der Waals surface area contributed by atoms with Gasteiger partial charge in [-0.2, -0.15) is 15.3 Å². The van der Waals surface area contributed by atoms with Crippen molar-refractivity contribution in [1.82, 2.24) is 29.8 Å². The van der Waals surface area contributed by atoms with Crippen LogP contribution >= 0.6 is 0 Å². The van der Waals surface area contributed by atoms with Gasteiger partial charge in [-0.25, -0.2) is 0 Å². The Kier molecular flexibility index (Phi) is 5.45. The number of aryl methyl sites for hydroxylation is 1. The van der Waals surface area contributed by atoms with Crippen LogP contribution in [0.15, 0.2) is 18.5 Å². The highest BCUT2D eigenvalue weighted by Gasteiger charge is 2.24. The maximum Gasteiger partial charge on any atom is 0.255 e. The standard InChI is InChI=1S/C19H26N6O2/c1-2-25-18-5-11-27-14-16(18)17(22-25)13-23-7-3-8-24(10-9-23)19(26)15-4-6-20-21-12-15/h4,6,12H,2-3,5,7-11,13-14H2,1H3. The van der Waals surface area contributed by atoms with E-state index in [9.17, 15) is 4.79 Å². The molecule has 0 bridgehead atoms. The van der Waals surface area contributed by atoms with Crippen LogP contribution in [0.5, 0.6) is 0 Å². The zero-order valence-electron chi connectivity index (χ0n) is 15.8.